The van der Waals surface area contributed by atoms with Gasteiger partial charge < -0.3 is 9.84 Å². The van der Waals surface area contributed by atoms with Gasteiger partial charge in [-0.25, -0.2) is 0 Å². The van der Waals surface area contributed by atoms with E-state index in [1.165, 1.54) is 0 Å². The van der Waals surface area contributed by atoms with E-state index < -0.39 is 5.97 Å². The molecule has 4 heteroatoms. The van der Waals surface area contributed by atoms with E-state index in [1.807, 2.05) is 12.1 Å². The summed E-state index contributed by atoms with van der Waals surface area (Å²) in [6.07, 6.45) is 3.26. The lowest BCUT2D eigenvalue weighted by Gasteiger charge is -2.18. The van der Waals surface area contributed by atoms with Crippen LogP contribution in [0.4, 0.5) is 0 Å². The average Bonchev–Trinajstić information content (AvgIpc) is 3.04. The number of fused-ring (bicyclic) bond motifs is 1. The van der Waals surface area contributed by atoms with Crippen molar-refractivity contribution in [3.05, 3.63) is 28.3 Å². The van der Waals surface area contributed by atoms with Crippen LogP contribution < -0.4 is 4.74 Å². The number of benzene rings is 1. The summed E-state index contributed by atoms with van der Waals surface area (Å²) in [7, 11) is 0. The summed E-state index contributed by atoms with van der Waals surface area (Å²) in [5.41, 5.74) is 2.12. The molecule has 18 heavy (non-hydrogen) atoms. The Balaban J connectivity index is 2.00. The van der Waals surface area contributed by atoms with Gasteiger partial charge in [-0.1, -0.05) is 11.6 Å². The molecule has 3 nitrogen and oxygen atoms in total. The predicted molar refractivity (Wildman–Crippen MR) is 68.4 cm³/mol. The first-order chi connectivity index (χ1) is 8.65. The number of carboxylic acids is 1. The van der Waals surface area contributed by atoms with E-state index in [0.717, 1.165) is 36.1 Å². The molecule has 1 heterocycles. The van der Waals surface area contributed by atoms with Gasteiger partial charge in [0, 0.05) is 17.4 Å². The molecule has 1 aliphatic carbocycles. The van der Waals surface area contributed by atoms with Gasteiger partial charge in [0.25, 0.3) is 0 Å². The van der Waals surface area contributed by atoms with Gasteiger partial charge in [-0.2, -0.15) is 0 Å². The molecule has 1 aromatic rings. The molecule has 2 aliphatic rings. The highest BCUT2D eigenvalue weighted by atomic mass is 35.5. The molecule has 1 unspecified atom stereocenters. The molecule has 0 spiro atoms. The minimum absolute atomic E-state index is 0.0491. The van der Waals surface area contributed by atoms with E-state index in [4.69, 9.17) is 21.4 Å². The smallest absolute Gasteiger partial charge is 0.303 e. The molecule has 1 aromatic carbocycles. The molecular formula is C14H15ClO3. The molecule has 0 aromatic heterocycles. The lowest BCUT2D eigenvalue weighted by Crippen LogP contribution is -2.09. The molecular weight excluding hydrogens is 252 g/mol. The average molecular weight is 267 g/mol. The van der Waals surface area contributed by atoms with Gasteiger partial charge in [0.2, 0.25) is 0 Å². The Kier molecular flexibility index (Phi) is 2.94. The van der Waals surface area contributed by atoms with E-state index >= 15 is 0 Å². The second-order valence-electron chi connectivity index (χ2n) is 5.12. The maximum Gasteiger partial charge on any atom is 0.303 e. The van der Waals surface area contributed by atoms with Crippen molar-refractivity contribution in [2.24, 2.45) is 5.92 Å². The molecule has 0 saturated heterocycles. The first-order valence-electron chi connectivity index (χ1n) is 6.32. The van der Waals surface area contributed by atoms with E-state index in [9.17, 15) is 4.79 Å². The second kappa shape index (κ2) is 4.47. The maximum atomic E-state index is 11.0. The van der Waals surface area contributed by atoms with Crippen molar-refractivity contribution in [3.63, 3.8) is 0 Å². The Morgan fingerprint density at radius 2 is 2.28 bits per heavy atom. The number of hydrogen-bond acceptors (Lipinski definition) is 2. The minimum Gasteiger partial charge on any atom is -0.493 e. The number of ether oxygens (including phenoxy) is 1. The van der Waals surface area contributed by atoms with Crippen LogP contribution in [0.5, 0.6) is 5.75 Å². The molecule has 96 valence electrons. The van der Waals surface area contributed by atoms with Gasteiger partial charge >= 0.3 is 5.97 Å². The van der Waals surface area contributed by atoms with E-state index in [1.54, 1.807) is 0 Å². The van der Waals surface area contributed by atoms with Crippen LogP contribution >= 0.6 is 11.6 Å². The van der Waals surface area contributed by atoms with Gasteiger partial charge in [-0.15, -0.1) is 0 Å². The summed E-state index contributed by atoms with van der Waals surface area (Å²) in [5.74, 6) is 0.664. The third-order valence-electron chi connectivity index (χ3n) is 3.76. The highest BCUT2D eigenvalue weighted by Gasteiger charge is 2.36. The topological polar surface area (TPSA) is 46.5 Å². The Labute approximate surface area is 111 Å². The fourth-order valence-corrected chi connectivity index (χ4v) is 3.04. The van der Waals surface area contributed by atoms with E-state index in [2.05, 4.69) is 0 Å². The van der Waals surface area contributed by atoms with Crippen molar-refractivity contribution < 1.29 is 14.6 Å². The van der Waals surface area contributed by atoms with Crippen LogP contribution in [0.3, 0.4) is 0 Å². The lowest BCUT2D eigenvalue weighted by atomic mass is 9.89. The van der Waals surface area contributed by atoms with Crippen molar-refractivity contribution in [1.29, 1.82) is 0 Å². The summed E-state index contributed by atoms with van der Waals surface area (Å²) in [5, 5.41) is 9.75. The fourth-order valence-electron chi connectivity index (χ4n) is 2.79. The van der Waals surface area contributed by atoms with Crippen LogP contribution in [0.25, 0.3) is 0 Å². The molecule has 1 aliphatic heterocycles. The van der Waals surface area contributed by atoms with Crippen molar-refractivity contribution in [2.75, 3.05) is 6.61 Å². The molecule has 1 atom stereocenters. The Morgan fingerprint density at radius 1 is 1.50 bits per heavy atom. The minimum atomic E-state index is -0.751. The van der Waals surface area contributed by atoms with Crippen LogP contribution in [-0.2, 0) is 11.2 Å². The van der Waals surface area contributed by atoms with Gasteiger partial charge in [-0.3, -0.25) is 4.79 Å². The number of halogens is 1. The summed E-state index contributed by atoms with van der Waals surface area (Å²) >= 11 is 6.13. The third-order valence-corrected chi connectivity index (χ3v) is 3.98. The number of hydrogen-bond donors (Lipinski definition) is 1. The highest BCUT2D eigenvalue weighted by Crippen LogP contribution is 2.49. The van der Waals surface area contributed by atoms with Crippen molar-refractivity contribution in [3.8, 4) is 5.75 Å². The van der Waals surface area contributed by atoms with E-state index in [-0.39, 0.29) is 12.3 Å². The molecule has 3 rings (SSSR count). The van der Waals surface area contributed by atoms with Crippen molar-refractivity contribution in [1.82, 2.24) is 0 Å². The molecule has 1 N–H and O–H groups in total. The number of rotatable bonds is 4. The number of carbonyl (C=O) groups is 1. The quantitative estimate of drug-likeness (QED) is 0.910. The summed E-state index contributed by atoms with van der Waals surface area (Å²) in [4.78, 5) is 11.0. The SMILES string of the molecule is O=C(O)CC(c1cc(Cl)cc2c1OCC2)C1CC1. The van der Waals surface area contributed by atoms with Crippen LogP contribution in [0.1, 0.15) is 36.3 Å². The van der Waals surface area contributed by atoms with Gasteiger partial charge in [0.15, 0.2) is 0 Å². The van der Waals surface area contributed by atoms with Crippen molar-refractivity contribution in [2.45, 2.75) is 31.6 Å². The van der Waals surface area contributed by atoms with Gasteiger partial charge in [0.05, 0.1) is 13.0 Å². The Hall–Kier alpha value is -1.22. The first kappa shape index (κ1) is 11.8. The molecule has 1 fully saturated rings. The first-order valence-corrected chi connectivity index (χ1v) is 6.70. The summed E-state index contributed by atoms with van der Waals surface area (Å²) < 4.78 is 5.67. The normalized spacial score (nSPS) is 19.2. The predicted octanol–water partition coefficient (Wildman–Crippen LogP) is 3.24. The zero-order valence-corrected chi connectivity index (χ0v) is 10.7. The molecule has 1 saturated carbocycles. The molecule has 0 amide bonds. The van der Waals surface area contributed by atoms with Crippen LogP contribution in [-0.4, -0.2) is 17.7 Å². The number of aliphatic carboxylic acids is 1. The lowest BCUT2D eigenvalue weighted by molar-refractivity contribution is -0.137. The highest BCUT2D eigenvalue weighted by molar-refractivity contribution is 6.30. The van der Waals surface area contributed by atoms with Gasteiger partial charge in [0.1, 0.15) is 5.75 Å². The fraction of sp³-hybridized carbons (Fsp3) is 0.500. The van der Waals surface area contributed by atoms with Crippen molar-refractivity contribution >= 4 is 17.6 Å². The largest absolute Gasteiger partial charge is 0.493 e. The summed E-state index contributed by atoms with van der Waals surface area (Å²) in [6, 6.07) is 3.82. The van der Waals surface area contributed by atoms with Crippen LogP contribution in [0, 0.1) is 5.92 Å². The maximum absolute atomic E-state index is 11.0. The zero-order chi connectivity index (χ0) is 12.7. The standard InChI is InChI=1S/C14H15ClO3/c15-10-5-9-3-4-18-14(9)12(6-10)11(7-13(16)17)8-1-2-8/h5-6,8,11H,1-4,7H2,(H,16,17). The molecule has 0 bridgehead atoms. The van der Waals surface area contributed by atoms with Crippen LogP contribution in [0.15, 0.2) is 12.1 Å². The van der Waals surface area contributed by atoms with E-state index in [0.29, 0.717) is 17.5 Å². The Bertz CT molecular complexity index is 494. The number of carboxylic acid groups (broad SMARTS) is 1. The summed E-state index contributed by atoms with van der Waals surface area (Å²) in [6.45, 7) is 0.674. The molecule has 0 radical (unpaired) electrons. The third kappa shape index (κ3) is 2.19. The van der Waals surface area contributed by atoms with Crippen LogP contribution in [0.2, 0.25) is 5.02 Å². The zero-order valence-electron chi connectivity index (χ0n) is 9.99. The second-order valence-corrected chi connectivity index (χ2v) is 5.56. The van der Waals surface area contributed by atoms with Gasteiger partial charge in [-0.05, 0) is 42.0 Å². The monoisotopic (exact) mass is 266 g/mol. The Morgan fingerprint density at radius 3 is 2.94 bits per heavy atom.